The first-order valence-electron chi connectivity index (χ1n) is 10.4. The molecule has 1 atom stereocenters. The van der Waals surface area contributed by atoms with E-state index in [1.165, 1.54) is 17.1 Å². The van der Waals surface area contributed by atoms with Gasteiger partial charge in [-0.1, -0.05) is 23.9 Å². The summed E-state index contributed by atoms with van der Waals surface area (Å²) >= 11 is 1.15. The number of H-pyrrole nitrogens is 1. The molecule has 1 aliphatic rings. The summed E-state index contributed by atoms with van der Waals surface area (Å²) in [6.45, 7) is 3.46. The summed E-state index contributed by atoms with van der Waals surface area (Å²) in [6, 6.07) is 13.2. The number of halogens is 1. The van der Waals surface area contributed by atoms with Crippen molar-refractivity contribution in [2.75, 3.05) is 12.9 Å². The molecule has 0 fully saturated rings. The summed E-state index contributed by atoms with van der Waals surface area (Å²) in [6.07, 6.45) is 0.493. The van der Waals surface area contributed by atoms with Crippen LogP contribution in [0.4, 0.5) is 4.39 Å². The molecule has 0 spiro atoms. The highest BCUT2D eigenvalue weighted by Gasteiger charge is 2.33. The fourth-order valence-corrected chi connectivity index (χ4v) is 4.29. The van der Waals surface area contributed by atoms with Gasteiger partial charge in [-0.3, -0.25) is 9.59 Å². The Balaban J connectivity index is 1.59. The molecule has 2 aromatic carbocycles. The van der Waals surface area contributed by atoms with E-state index in [1.54, 1.807) is 33.1 Å². The fraction of sp³-hybridized carbons (Fsp3) is 0.250. The van der Waals surface area contributed by atoms with Gasteiger partial charge in [0.2, 0.25) is 0 Å². The van der Waals surface area contributed by atoms with Crippen LogP contribution in [0.5, 0.6) is 5.75 Å². The first kappa shape index (κ1) is 22.7. The number of aryl methyl sites for hydroxylation is 1. The Morgan fingerprint density at radius 1 is 1.18 bits per heavy atom. The Bertz CT molecular complexity index is 1260. The van der Waals surface area contributed by atoms with Crippen LogP contribution in [0.15, 0.2) is 63.6 Å². The van der Waals surface area contributed by atoms with Crippen molar-refractivity contribution in [3.8, 4) is 5.75 Å². The first-order valence-corrected chi connectivity index (χ1v) is 11.3. The lowest BCUT2D eigenvalue weighted by atomic mass is 9.98. The van der Waals surface area contributed by atoms with Gasteiger partial charge >= 0.3 is 0 Å². The van der Waals surface area contributed by atoms with Crippen LogP contribution in [0.1, 0.15) is 34.8 Å². The Morgan fingerprint density at radius 3 is 2.52 bits per heavy atom. The second kappa shape index (κ2) is 9.58. The largest absolute Gasteiger partial charge is 0.497 e. The molecule has 2 heterocycles. The maximum absolute atomic E-state index is 13.5. The number of carbonyl (C=O) groups excluding carboxylic acids is 1. The fourth-order valence-electron chi connectivity index (χ4n) is 3.53. The van der Waals surface area contributed by atoms with Crippen LogP contribution in [0.3, 0.4) is 0 Å². The van der Waals surface area contributed by atoms with Gasteiger partial charge in [0.25, 0.3) is 11.5 Å². The van der Waals surface area contributed by atoms with Gasteiger partial charge in [-0.15, -0.1) is 0 Å². The van der Waals surface area contributed by atoms with Crippen LogP contribution < -0.4 is 10.3 Å². The smallest absolute Gasteiger partial charge is 0.254 e. The van der Waals surface area contributed by atoms with Gasteiger partial charge in [-0.2, -0.15) is 5.10 Å². The van der Waals surface area contributed by atoms with Gasteiger partial charge in [0, 0.05) is 17.7 Å². The van der Waals surface area contributed by atoms with Crippen LogP contribution >= 0.6 is 11.8 Å². The summed E-state index contributed by atoms with van der Waals surface area (Å²) in [5.41, 5.74) is 3.38. The molecule has 0 bridgehead atoms. The third kappa shape index (κ3) is 4.98. The summed E-state index contributed by atoms with van der Waals surface area (Å²) in [4.78, 5) is 32.2. The molecule has 3 aromatic rings. The van der Waals surface area contributed by atoms with Gasteiger partial charge in [0.15, 0.2) is 5.16 Å². The van der Waals surface area contributed by atoms with Crippen LogP contribution in [0.2, 0.25) is 0 Å². The second-order valence-electron chi connectivity index (χ2n) is 7.66. The van der Waals surface area contributed by atoms with E-state index in [0.29, 0.717) is 22.8 Å². The lowest BCUT2D eigenvalue weighted by Gasteiger charge is -2.22. The number of thioether (sulfide) groups is 1. The first-order chi connectivity index (χ1) is 15.9. The van der Waals surface area contributed by atoms with E-state index >= 15 is 0 Å². The minimum absolute atomic E-state index is 0.0442. The van der Waals surface area contributed by atoms with Crippen LogP contribution in [-0.4, -0.2) is 39.5 Å². The summed E-state index contributed by atoms with van der Waals surface area (Å²) in [7, 11) is 1.60. The second-order valence-corrected chi connectivity index (χ2v) is 8.62. The van der Waals surface area contributed by atoms with E-state index in [9.17, 15) is 14.0 Å². The molecule has 7 nitrogen and oxygen atoms in total. The van der Waals surface area contributed by atoms with E-state index in [1.807, 2.05) is 24.3 Å². The summed E-state index contributed by atoms with van der Waals surface area (Å²) < 4.78 is 18.7. The number of methoxy groups -OCH3 is 1. The van der Waals surface area contributed by atoms with Crippen LogP contribution in [0.25, 0.3) is 0 Å². The van der Waals surface area contributed by atoms with Crippen molar-refractivity contribution >= 4 is 23.4 Å². The maximum Gasteiger partial charge on any atom is 0.254 e. The molecule has 170 valence electrons. The van der Waals surface area contributed by atoms with Crippen LogP contribution in [0, 0.1) is 19.7 Å². The van der Waals surface area contributed by atoms with Gasteiger partial charge in [0.05, 0.1) is 24.6 Å². The maximum atomic E-state index is 13.5. The highest BCUT2D eigenvalue weighted by Crippen LogP contribution is 2.34. The number of hydrogen-bond donors (Lipinski definition) is 1. The zero-order valence-corrected chi connectivity index (χ0v) is 19.3. The topological polar surface area (TPSA) is 87.7 Å². The monoisotopic (exact) mass is 466 g/mol. The number of rotatable bonds is 6. The number of hydrazone groups is 1. The quantitative estimate of drug-likeness (QED) is 0.438. The molecule has 33 heavy (non-hydrogen) atoms. The molecule has 9 heteroatoms. The van der Waals surface area contributed by atoms with Crippen molar-refractivity contribution < 1.29 is 13.9 Å². The molecule has 1 aromatic heterocycles. The van der Waals surface area contributed by atoms with Gasteiger partial charge in [0.1, 0.15) is 11.6 Å². The average molecular weight is 467 g/mol. The Kier molecular flexibility index (Phi) is 6.60. The third-order valence-corrected chi connectivity index (χ3v) is 6.41. The minimum Gasteiger partial charge on any atom is -0.497 e. The zero-order chi connectivity index (χ0) is 23.5. The SMILES string of the molecule is COc1ccc(C2=NN(C(=O)CSc3nc(C)c(C)c(=O)[nH]3)[C@@H](c3ccc(F)cc3)C2)cc1. The molecular formula is C24H23FN4O3S. The molecule has 1 N–H and O–H groups in total. The van der Waals surface area contributed by atoms with Crippen LogP contribution in [-0.2, 0) is 4.79 Å². The standard InChI is InChI=1S/C24H23FN4O3S/c1-14-15(2)26-24(27-23(14)31)33-13-22(30)29-21(17-4-8-18(25)9-5-17)12-20(28-29)16-6-10-19(32-3)11-7-16/h4-11,21H,12-13H2,1-3H3,(H,26,27,31)/t21-/m1/s1. The van der Waals surface area contributed by atoms with E-state index in [0.717, 1.165) is 34.3 Å². The highest BCUT2D eigenvalue weighted by atomic mass is 32.2. The minimum atomic E-state index is -0.359. The summed E-state index contributed by atoms with van der Waals surface area (Å²) in [5, 5.41) is 6.44. The van der Waals surface area contributed by atoms with Crippen molar-refractivity contribution in [1.29, 1.82) is 0 Å². The molecule has 4 rings (SSSR count). The predicted molar refractivity (Wildman–Crippen MR) is 125 cm³/mol. The molecule has 1 amide bonds. The third-order valence-electron chi connectivity index (χ3n) is 5.55. The van der Waals surface area contributed by atoms with Gasteiger partial charge < -0.3 is 9.72 Å². The lowest BCUT2D eigenvalue weighted by molar-refractivity contribution is -0.130. The highest BCUT2D eigenvalue weighted by molar-refractivity contribution is 7.99. The molecule has 0 radical (unpaired) electrons. The normalized spacial score (nSPS) is 15.5. The van der Waals surface area contributed by atoms with Gasteiger partial charge in [-0.05, 0) is 61.4 Å². The van der Waals surface area contributed by atoms with E-state index in [4.69, 9.17) is 4.74 Å². The van der Waals surface area contributed by atoms with Crippen molar-refractivity contribution in [2.45, 2.75) is 31.5 Å². The number of aromatic amines is 1. The number of ether oxygens (including phenoxy) is 1. The summed E-state index contributed by atoms with van der Waals surface area (Å²) in [5.74, 6) is 0.194. The van der Waals surface area contributed by atoms with E-state index in [2.05, 4.69) is 15.1 Å². The predicted octanol–water partition coefficient (Wildman–Crippen LogP) is 4.00. The lowest BCUT2D eigenvalue weighted by Crippen LogP contribution is -2.28. The molecular weight excluding hydrogens is 443 g/mol. The Labute approximate surface area is 194 Å². The molecule has 0 saturated heterocycles. The number of aromatic nitrogens is 2. The molecule has 0 saturated carbocycles. The number of benzene rings is 2. The van der Waals surface area contributed by atoms with Gasteiger partial charge in [-0.25, -0.2) is 14.4 Å². The zero-order valence-electron chi connectivity index (χ0n) is 18.5. The van der Waals surface area contributed by atoms with Crippen molar-refractivity contribution in [3.63, 3.8) is 0 Å². The van der Waals surface area contributed by atoms with Crippen molar-refractivity contribution in [3.05, 3.63) is 87.1 Å². The Hall–Kier alpha value is -3.46. The number of hydrogen-bond acceptors (Lipinski definition) is 6. The number of amides is 1. The molecule has 0 unspecified atom stereocenters. The number of carbonyl (C=O) groups is 1. The number of nitrogens with zero attached hydrogens (tertiary/aromatic N) is 3. The Morgan fingerprint density at radius 2 is 1.88 bits per heavy atom. The number of nitrogens with one attached hydrogen (secondary N) is 1. The van der Waals surface area contributed by atoms with Crippen molar-refractivity contribution in [2.24, 2.45) is 5.10 Å². The van der Waals surface area contributed by atoms with Crippen molar-refractivity contribution in [1.82, 2.24) is 15.0 Å². The molecule has 0 aliphatic carbocycles. The average Bonchev–Trinajstić information content (AvgIpc) is 3.27. The van der Waals surface area contributed by atoms with E-state index < -0.39 is 0 Å². The van der Waals surface area contributed by atoms with E-state index in [-0.39, 0.29) is 29.1 Å². The molecule has 1 aliphatic heterocycles.